The van der Waals surface area contributed by atoms with Gasteiger partial charge in [-0.15, -0.1) is 0 Å². The van der Waals surface area contributed by atoms with Crippen LogP contribution < -0.4 is 0 Å². The molecule has 0 saturated heterocycles. The lowest BCUT2D eigenvalue weighted by molar-refractivity contribution is -0.271. The topological polar surface area (TPSA) is 48.9 Å². The molecule has 0 amide bonds. The van der Waals surface area contributed by atoms with Gasteiger partial charge in [0, 0.05) is 35.4 Å². The van der Waals surface area contributed by atoms with Gasteiger partial charge in [-0.25, -0.2) is 4.39 Å². The molecule has 2 N–H and O–H groups in total. The molecule has 1 aliphatic carbocycles. The zero-order chi connectivity index (χ0) is 19.9. The number of H-pyrrole nitrogens is 1. The average Bonchev–Trinajstić information content (AvgIpc) is 2.95. The molecule has 0 aromatic carbocycles. The predicted molar refractivity (Wildman–Crippen MR) is 96.1 cm³/mol. The maximum absolute atomic E-state index is 13.9. The smallest absolute Gasteiger partial charge is 0.380 e. The van der Waals surface area contributed by atoms with Crippen LogP contribution >= 0.6 is 0 Å². The van der Waals surface area contributed by atoms with E-state index in [0.29, 0.717) is 42.3 Å². The van der Waals surface area contributed by atoms with Crippen LogP contribution in [-0.2, 0) is 6.42 Å². The van der Waals surface area contributed by atoms with E-state index in [4.69, 9.17) is 0 Å². The lowest BCUT2D eigenvalue weighted by atomic mass is 9.65. The highest BCUT2D eigenvalue weighted by Gasteiger charge is 2.56. The summed E-state index contributed by atoms with van der Waals surface area (Å²) >= 11 is 0. The van der Waals surface area contributed by atoms with Crippen molar-refractivity contribution in [1.82, 2.24) is 9.97 Å². The number of nitrogens with zero attached hydrogens (tertiary/aromatic N) is 1. The minimum absolute atomic E-state index is 0.0368. The third-order valence-corrected chi connectivity index (χ3v) is 6.00. The van der Waals surface area contributed by atoms with Crippen LogP contribution in [0, 0.1) is 11.3 Å². The van der Waals surface area contributed by atoms with E-state index in [0.717, 1.165) is 0 Å². The molecular formula is C20H26F4N2O. The lowest BCUT2D eigenvalue weighted by Gasteiger charge is -2.43. The van der Waals surface area contributed by atoms with Crippen LogP contribution in [0.15, 0.2) is 24.5 Å². The summed E-state index contributed by atoms with van der Waals surface area (Å²) in [6.07, 6.45) is -1.59. The molecule has 2 aromatic heterocycles. The van der Waals surface area contributed by atoms with Gasteiger partial charge in [-0.2, -0.15) is 13.2 Å². The Bertz CT molecular complexity index is 745. The molecule has 2 heterocycles. The molecule has 1 unspecified atom stereocenters. The Labute approximate surface area is 156 Å². The highest BCUT2D eigenvalue weighted by atomic mass is 19.4. The van der Waals surface area contributed by atoms with E-state index in [1.165, 1.54) is 0 Å². The molecule has 3 rings (SSSR count). The first-order valence-corrected chi connectivity index (χ1v) is 9.35. The summed E-state index contributed by atoms with van der Waals surface area (Å²) in [5.74, 6) is -0.0368. The second-order valence-electron chi connectivity index (χ2n) is 8.58. The molecule has 1 fully saturated rings. The Balaban J connectivity index is 1.83. The van der Waals surface area contributed by atoms with E-state index >= 15 is 0 Å². The summed E-state index contributed by atoms with van der Waals surface area (Å²) in [6, 6.07) is 3.28. The van der Waals surface area contributed by atoms with Gasteiger partial charge in [0.25, 0.3) is 0 Å². The summed E-state index contributed by atoms with van der Waals surface area (Å²) in [7, 11) is 0. The molecule has 150 valence electrons. The summed E-state index contributed by atoms with van der Waals surface area (Å²) in [5.41, 5.74) is -2.60. The number of alkyl halides is 4. The Hall–Kier alpha value is -1.63. The van der Waals surface area contributed by atoms with Gasteiger partial charge in [0.15, 0.2) is 5.60 Å². The Morgan fingerprint density at radius 3 is 2.44 bits per heavy atom. The average molecular weight is 386 g/mol. The SMILES string of the molecule is CC(C)(CC(O)(Cc1cc2cnccc2[nH]1)C(F)(F)F)C1CCC(F)CC1. The van der Waals surface area contributed by atoms with Gasteiger partial charge in [-0.3, -0.25) is 4.98 Å². The van der Waals surface area contributed by atoms with Gasteiger partial charge in [0.05, 0.1) is 0 Å². The second kappa shape index (κ2) is 7.08. The van der Waals surface area contributed by atoms with Crippen molar-refractivity contribution in [1.29, 1.82) is 0 Å². The number of nitrogens with one attached hydrogen (secondary N) is 1. The summed E-state index contributed by atoms with van der Waals surface area (Å²) in [4.78, 5) is 6.91. The third-order valence-electron chi connectivity index (χ3n) is 6.00. The third kappa shape index (κ3) is 4.28. The fourth-order valence-electron chi connectivity index (χ4n) is 4.44. The van der Waals surface area contributed by atoms with Crippen molar-refractivity contribution < 1.29 is 22.7 Å². The van der Waals surface area contributed by atoms with Gasteiger partial charge in [-0.05, 0) is 55.6 Å². The molecule has 27 heavy (non-hydrogen) atoms. The van der Waals surface area contributed by atoms with Crippen LogP contribution in [0.1, 0.15) is 51.6 Å². The van der Waals surface area contributed by atoms with Crippen LogP contribution in [0.3, 0.4) is 0 Å². The monoisotopic (exact) mass is 386 g/mol. The fraction of sp³-hybridized carbons (Fsp3) is 0.650. The normalized spacial score (nSPS) is 24.1. The van der Waals surface area contributed by atoms with Crippen LogP contribution in [0.2, 0.25) is 0 Å². The van der Waals surface area contributed by atoms with E-state index in [1.54, 1.807) is 38.4 Å². The maximum atomic E-state index is 13.9. The fourth-order valence-corrected chi connectivity index (χ4v) is 4.44. The molecule has 1 aliphatic rings. The van der Waals surface area contributed by atoms with E-state index in [1.807, 2.05) is 0 Å². The summed E-state index contributed by atoms with van der Waals surface area (Å²) < 4.78 is 55.0. The molecule has 0 aliphatic heterocycles. The highest BCUT2D eigenvalue weighted by Crippen LogP contribution is 2.48. The summed E-state index contributed by atoms with van der Waals surface area (Å²) in [6.45, 7) is 3.50. The van der Waals surface area contributed by atoms with Gasteiger partial charge in [0.1, 0.15) is 6.17 Å². The molecule has 7 heteroatoms. The number of hydrogen-bond acceptors (Lipinski definition) is 2. The number of aromatic nitrogens is 2. The van der Waals surface area contributed by atoms with Crippen molar-refractivity contribution in [3.8, 4) is 0 Å². The number of fused-ring (bicyclic) bond motifs is 1. The standard InChI is InChI=1S/C20H26F4N2O/c1-18(2,14-3-5-15(21)6-4-14)12-19(27,20(22,23)24)10-16-9-13-11-25-8-7-17(13)26-16/h7-9,11,14-15,26-27H,3-6,10,12H2,1-2H3. The van der Waals surface area contributed by atoms with Crippen molar-refractivity contribution in [3.63, 3.8) is 0 Å². The molecule has 2 aromatic rings. The molecule has 1 saturated carbocycles. The number of pyridine rings is 1. The van der Waals surface area contributed by atoms with Gasteiger partial charge in [-0.1, -0.05) is 13.8 Å². The van der Waals surface area contributed by atoms with Crippen molar-refractivity contribution in [2.24, 2.45) is 11.3 Å². The zero-order valence-electron chi connectivity index (χ0n) is 15.6. The van der Waals surface area contributed by atoms with Gasteiger partial charge in [0.2, 0.25) is 0 Å². The van der Waals surface area contributed by atoms with Gasteiger partial charge < -0.3 is 10.1 Å². The van der Waals surface area contributed by atoms with E-state index in [-0.39, 0.29) is 5.92 Å². The number of aromatic amines is 1. The molecule has 0 radical (unpaired) electrons. The van der Waals surface area contributed by atoms with Crippen LogP contribution in [0.5, 0.6) is 0 Å². The Morgan fingerprint density at radius 2 is 1.85 bits per heavy atom. The van der Waals surface area contributed by atoms with Crippen molar-refractivity contribution in [2.45, 2.75) is 70.3 Å². The molecular weight excluding hydrogens is 360 g/mol. The van der Waals surface area contributed by atoms with Crippen molar-refractivity contribution in [3.05, 3.63) is 30.2 Å². The molecule has 0 bridgehead atoms. The van der Waals surface area contributed by atoms with E-state index in [2.05, 4.69) is 9.97 Å². The quantitative estimate of drug-likeness (QED) is 0.681. The minimum atomic E-state index is -4.77. The lowest BCUT2D eigenvalue weighted by Crippen LogP contribution is -2.51. The predicted octanol–water partition coefficient (Wildman–Crippen LogP) is 5.34. The molecule has 3 nitrogen and oxygen atoms in total. The number of aliphatic hydroxyl groups is 1. The van der Waals surface area contributed by atoms with E-state index < -0.39 is 36.2 Å². The molecule has 1 atom stereocenters. The van der Waals surface area contributed by atoms with Crippen molar-refractivity contribution in [2.75, 3.05) is 0 Å². The zero-order valence-corrected chi connectivity index (χ0v) is 15.6. The largest absolute Gasteiger partial charge is 0.417 e. The Kier molecular flexibility index (Phi) is 5.27. The number of hydrogen-bond donors (Lipinski definition) is 2. The van der Waals surface area contributed by atoms with Crippen LogP contribution in [-0.4, -0.2) is 33.0 Å². The first-order chi connectivity index (χ1) is 12.5. The van der Waals surface area contributed by atoms with Crippen LogP contribution in [0.4, 0.5) is 17.6 Å². The first kappa shape index (κ1) is 20.1. The number of rotatable bonds is 5. The Morgan fingerprint density at radius 1 is 1.19 bits per heavy atom. The summed E-state index contributed by atoms with van der Waals surface area (Å²) in [5, 5.41) is 11.4. The maximum Gasteiger partial charge on any atom is 0.417 e. The van der Waals surface area contributed by atoms with Crippen molar-refractivity contribution >= 4 is 10.9 Å². The first-order valence-electron chi connectivity index (χ1n) is 9.35. The number of halogens is 4. The van der Waals surface area contributed by atoms with Crippen LogP contribution in [0.25, 0.3) is 10.9 Å². The molecule has 0 spiro atoms. The second-order valence-corrected chi connectivity index (χ2v) is 8.58. The minimum Gasteiger partial charge on any atom is -0.380 e. The van der Waals surface area contributed by atoms with Gasteiger partial charge >= 0.3 is 6.18 Å². The highest BCUT2D eigenvalue weighted by molar-refractivity contribution is 5.79. The van der Waals surface area contributed by atoms with E-state index in [9.17, 15) is 22.7 Å².